The summed E-state index contributed by atoms with van der Waals surface area (Å²) in [5, 5.41) is 8.99. The molecule has 0 aliphatic rings. The molecular formula is C17H17FN2O3S. The summed E-state index contributed by atoms with van der Waals surface area (Å²) in [6, 6.07) is 12.3. The first-order valence-electron chi connectivity index (χ1n) is 7.38. The van der Waals surface area contributed by atoms with Crippen molar-refractivity contribution >= 4 is 10.0 Å². The first-order chi connectivity index (χ1) is 11.5. The molecule has 0 atom stereocenters. The molecule has 2 aromatic carbocycles. The van der Waals surface area contributed by atoms with Gasteiger partial charge in [-0.2, -0.15) is 5.26 Å². The van der Waals surface area contributed by atoms with Crippen LogP contribution in [0.2, 0.25) is 0 Å². The van der Waals surface area contributed by atoms with Gasteiger partial charge in [0.2, 0.25) is 10.0 Å². The van der Waals surface area contributed by atoms with E-state index in [1.165, 1.54) is 24.3 Å². The van der Waals surface area contributed by atoms with Crippen LogP contribution in [0, 0.1) is 17.1 Å². The molecule has 0 amide bonds. The van der Waals surface area contributed by atoms with Gasteiger partial charge < -0.3 is 4.74 Å². The van der Waals surface area contributed by atoms with E-state index in [0.717, 1.165) is 0 Å². The largest absolute Gasteiger partial charge is 0.491 e. The van der Waals surface area contributed by atoms with Gasteiger partial charge in [-0.3, -0.25) is 0 Å². The molecule has 7 heteroatoms. The Morgan fingerprint density at radius 1 is 1.25 bits per heavy atom. The smallest absolute Gasteiger partial charge is 0.241 e. The number of benzene rings is 2. The Balaban J connectivity index is 2.03. The summed E-state index contributed by atoms with van der Waals surface area (Å²) < 4.78 is 45.8. The third kappa shape index (κ3) is 4.31. The van der Waals surface area contributed by atoms with Gasteiger partial charge in [-0.05, 0) is 43.2 Å². The molecule has 0 aliphatic heterocycles. The maximum Gasteiger partial charge on any atom is 0.241 e. The van der Waals surface area contributed by atoms with E-state index in [4.69, 9.17) is 10.00 Å². The van der Waals surface area contributed by atoms with Crippen LogP contribution in [0.4, 0.5) is 4.39 Å². The molecule has 0 fully saturated rings. The number of hydrogen-bond acceptors (Lipinski definition) is 4. The second kappa shape index (κ2) is 7.90. The van der Waals surface area contributed by atoms with Gasteiger partial charge in [0, 0.05) is 6.54 Å². The molecule has 0 aromatic heterocycles. The number of sulfonamides is 1. The SMILES string of the molecule is CCOc1ccc(CCNS(=O)(=O)c2ccccc2C#N)cc1F. The van der Waals surface area contributed by atoms with Gasteiger partial charge in [-0.1, -0.05) is 18.2 Å². The van der Waals surface area contributed by atoms with Crippen molar-refractivity contribution in [1.82, 2.24) is 4.72 Å². The maximum absolute atomic E-state index is 13.8. The summed E-state index contributed by atoms with van der Waals surface area (Å²) in [5.41, 5.74) is 0.726. The minimum atomic E-state index is -3.79. The van der Waals surface area contributed by atoms with Crippen molar-refractivity contribution in [3.8, 4) is 11.8 Å². The van der Waals surface area contributed by atoms with E-state index in [2.05, 4.69) is 4.72 Å². The molecule has 0 spiro atoms. The zero-order chi connectivity index (χ0) is 17.6. The molecule has 126 valence electrons. The molecule has 1 N–H and O–H groups in total. The first kappa shape index (κ1) is 17.9. The Morgan fingerprint density at radius 3 is 2.67 bits per heavy atom. The van der Waals surface area contributed by atoms with Crippen molar-refractivity contribution in [2.45, 2.75) is 18.2 Å². The van der Waals surface area contributed by atoms with Gasteiger partial charge in [0.15, 0.2) is 11.6 Å². The monoisotopic (exact) mass is 348 g/mol. The van der Waals surface area contributed by atoms with Crippen LogP contribution >= 0.6 is 0 Å². The Labute approximate surface area is 140 Å². The molecular weight excluding hydrogens is 331 g/mol. The fourth-order valence-corrected chi connectivity index (χ4v) is 3.36. The quantitative estimate of drug-likeness (QED) is 0.834. The number of nitrogens with zero attached hydrogens (tertiary/aromatic N) is 1. The van der Waals surface area contributed by atoms with Crippen LogP contribution in [0.25, 0.3) is 0 Å². The molecule has 2 rings (SSSR count). The number of ether oxygens (including phenoxy) is 1. The number of nitrogens with one attached hydrogen (secondary N) is 1. The van der Waals surface area contributed by atoms with E-state index >= 15 is 0 Å². The van der Waals surface area contributed by atoms with Crippen LogP contribution in [0.1, 0.15) is 18.1 Å². The summed E-state index contributed by atoms with van der Waals surface area (Å²) in [4.78, 5) is -0.0645. The second-order valence-corrected chi connectivity index (χ2v) is 6.69. The molecule has 24 heavy (non-hydrogen) atoms. The van der Waals surface area contributed by atoms with Crippen molar-refractivity contribution in [2.75, 3.05) is 13.2 Å². The maximum atomic E-state index is 13.8. The molecule has 0 aliphatic carbocycles. The molecule has 0 bridgehead atoms. The highest BCUT2D eigenvalue weighted by molar-refractivity contribution is 7.89. The number of rotatable bonds is 7. The lowest BCUT2D eigenvalue weighted by atomic mass is 10.1. The molecule has 5 nitrogen and oxygen atoms in total. The highest BCUT2D eigenvalue weighted by Crippen LogP contribution is 2.19. The molecule has 0 unspecified atom stereocenters. The average Bonchev–Trinajstić information content (AvgIpc) is 2.57. The van der Waals surface area contributed by atoms with Gasteiger partial charge in [-0.15, -0.1) is 0 Å². The van der Waals surface area contributed by atoms with E-state index in [-0.39, 0.29) is 22.8 Å². The van der Waals surface area contributed by atoms with E-state index in [1.807, 2.05) is 6.07 Å². The summed E-state index contributed by atoms with van der Waals surface area (Å²) in [7, 11) is -3.79. The van der Waals surface area contributed by atoms with Crippen molar-refractivity contribution in [1.29, 1.82) is 5.26 Å². The molecule has 0 radical (unpaired) electrons. The number of nitriles is 1. The lowest BCUT2D eigenvalue weighted by Gasteiger charge is -2.09. The standard InChI is InChI=1S/C17H17FN2O3S/c1-2-23-16-8-7-13(11-15(16)18)9-10-20-24(21,22)17-6-4-3-5-14(17)12-19/h3-8,11,20H,2,9-10H2,1H3. The predicted octanol–water partition coefficient (Wildman–Crippen LogP) is 2.62. The Bertz CT molecular complexity index is 860. The van der Waals surface area contributed by atoms with Crippen molar-refractivity contribution in [2.24, 2.45) is 0 Å². The highest BCUT2D eigenvalue weighted by atomic mass is 32.2. The summed E-state index contributed by atoms with van der Waals surface area (Å²) in [5.74, 6) is -0.309. The first-order valence-corrected chi connectivity index (χ1v) is 8.86. The summed E-state index contributed by atoms with van der Waals surface area (Å²) >= 11 is 0. The lowest BCUT2D eigenvalue weighted by molar-refractivity contribution is 0.321. The fourth-order valence-electron chi connectivity index (χ4n) is 2.17. The van der Waals surface area contributed by atoms with Crippen LogP contribution in [0.15, 0.2) is 47.4 Å². The Kier molecular flexibility index (Phi) is 5.90. The van der Waals surface area contributed by atoms with Gasteiger partial charge in [0.25, 0.3) is 0 Å². The molecule has 0 saturated heterocycles. The predicted molar refractivity (Wildman–Crippen MR) is 87.6 cm³/mol. The number of halogens is 1. The van der Waals surface area contributed by atoms with Crippen LogP contribution < -0.4 is 9.46 Å². The van der Waals surface area contributed by atoms with Gasteiger partial charge in [0.05, 0.1) is 17.1 Å². The second-order valence-electron chi connectivity index (χ2n) is 4.95. The van der Waals surface area contributed by atoms with Crippen molar-refractivity contribution in [3.63, 3.8) is 0 Å². The van der Waals surface area contributed by atoms with Crippen LogP contribution in [0.3, 0.4) is 0 Å². The van der Waals surface area contributed by atoms with Crippen LogP contribution in [-0.4, -0.2) is 21.6 Å². The highest BCUT2D eigenvalue weighted by Gasteiger charge is 2.17. The zero-order valence-corrected chi connectivity index (χ0v) is 13.9. The van der Waals surface area contributed by atoms with Gasteiger partial charge >= 0.3 is 0 Å². The Morgan fingerprint density at radius 2 is 2.00 bits per heavy atom. The summed E-state index contributed by atoms with van der Waals surface area (Å²) in [6.07, 6.45) is 0.317. The van der Waals surface area contributed by atoms with Gasteiger partial charge in [-0.25, -0.2) is 17.5 Å². The third-order valence-corrected chi connectivity index (χ3v) is 4.82. The normalized spacial score (nSPS) is 11.0. The topological polar surface area (TPSA) is 79.2 Å². The van der Waals surface area contributed by atoms with Crippen molar-refractivity contribution in [3.05, 3.63) is 59.4 Å². The lowest BCUT2D eigenvalue weighted by Crippen LogP contribution is -2.26. The molecule has 0 saturated carbocycles. The zero-order valence-electron chi connectivity index (χ0n) is 13.1. The minimum absolute atomic E-state index is 0.0645. The van der Waals surface area contributed by atoms with E-state index < -0.39 is 15.8 Å². The van der Waals surface area contributed by atoms with Gasteiger partial charge in [0.1, 0.15) is 6.07 Å². The van der Waals surface area contributed by atoms with Crippen LogP contribution in [0.5, 0.6) is 5.75 Å². The van der Waals surface area contributed by atoms with E-state index in [1.54, 1.807) is 25.1 Å². The third-order valence-electron chi connectivity index (χ3n) is 3.30. The Hall–Kier alpha value is -2.43. The minimum Gasteiger partial charge on any atom is -0.491 e. The molecule has 0 heterocycles. The van der Waals surface area contributed by atoms with E-state index in [0.29, 0.717) is 18.6 Å². The fraction of sp³-hybridized carbons (Fsp3) is 0.235. The summed E-state index contributed by atoms with van der Waals surface area (Å²) in [6.45, 7) is 2.23. The van der Waals surface area contributed by atoms with Crippen LogP contribution in [-0.2, 0) is 16.4 Å². The van der Waals surface area contributed by atoms with E-state index in [9.17, 15) is 12.8 Å². The number of hydrogen-bond donors (Lipinski definition) is 1. The molecule has 2 aromatic rings. The average molecular weight is 348 g/mol. The van der Waals surface area contributed by atoms with Crippen molar-refractivity contribution < 1.29 is 17.5 Å².